The van der Waals surface area contributed by atoms with Gasteiger partial charge in [-0.15, -0.1) is 0 Å². The molecule has 1 unspecified atom stereocenters. The number of fused-ring (bicyclic) bond motifs is 1. The van der Waals surface area contributed by atoms with Gasteiger partial charge in [0.1, 0.15) is 12.6 Å². The molecule has 1 amide bonds. The molecule has 0 spiro atoms. The summed E-state index contributed by atoms with van der Waals surface area (Å²) >= 11 is 0. The molecule has 3 atom stereocenters. The van der Waals surface area contributed by atoms with Gasteiger partial charge in [0, 0.05) is 24.9 Å². The Labute approximate surface area is 120 Å². The number of piperidine rings is 1. The van der Waals surface area contributed by atoms with Gasteiger partial charge in [-0.1, -0.05) is 20.8 Å². The van der Waals surface area contributed by atoms with Gasteiger partial charge in [-0.2, -0.15) is 0 Å². The fourth-order valence-electron chi connectivity index (χ4n) is 3.60. The van der Waals surface area contributed by atoms with Crippen LogP contribution in [0.3, 0.4) is 0 Å². The fraction of sp³-hybridized carbons (Fsp3) is 0.800. The number of hydrogen-bond acceptors (Lipinski definition) is 3. The highest BCUT2D eigenvalue weighted by Gasteiger charge is 2.46. The molecule has 5 heteroatoms. The zero-order valence-corrected chi connectivity index (χ0v) is 12.6. The highest BCUT2D eigenvalue weighted by atomic mass is 16.4. The zero-order valence-electron chi connectivity index (χ0n) is 12.6. The van der Waals surface area contributed by atoms with Gasteiger partial charge in [-0.3, -0.25) is 4.79 Å². The molecular weight excluding hydrogens is 258 g/mol. The van der Waals surface area contributed by atoms with Crippen LogP contribution in [-0.4, -0.2) is 40.8 Å². The van der Waals surface area contributed by atoms with Crippen molar-refractivity contribution in [1.29, 1.82) is 0 Å². The van der Waals surface area contributed by atoms with E-state index in [1.807, 2.05) is 6.79 Å². The van der Waals surface area contributed by atoms with Gasteiger partial charge < -0.3 is 14.8 Å². The number of hydrogen-bond donors (Lipinski definition) is 1. The lowest BCUT2D eigenvalue weighted by molar-refractivity contribution is -0.125. The molecule has 1 N–H and O–H groups in total. The highest BCUT2D eigenvalue weighted by molar-refractivity contribution is 5.80. The topological polar surface area (TPSA) is 74.7 Å². The summed E-state index contributed by atoms with van der Waals surface area (Å²) in [5.41, 5.74) is -0.0369. The third-order valence-electron chi connectivity index (χ3n) is 4.48. The van der Waals surface area contributed by atoms with E-state index >= 15 is 0 Å². The van der Waals surface area contributed by atoms with E-state index in [-0.39, 0.29) is 23.4 Å². The number of rotatable bonds is 0. The van der Waals surface area contributed by atoms with Crippen LogP contribution >= 0.6 is 0 Å². The van der Waals surface area contributed by atoms with E-state index in [0.29, 0.717) is 25.0 Å². The predicted octanol–water partition coefficient (Wildman–Crippen LogP) is 2.73. The molecule has 5 nitrogen and oxygen atoms in total. The van der Waals surface area contributed by atoms with Gasteiger partial charge in [0.25, 0.3) is 0 Å². The van der Waals surface area contributed by atoms with E-state index in [4.69, 9.17) is 4.79 Å². The molecule has 1 aliphatic carbocycles. The maximum absolute atomic E-state index is 11.6. The number of carbonyl (C=O) groups excluding carboxylic acids is 2. The van der Waals surface area contributed by atoms with Crippen LogP contribution in [0.25, 0.3) is 0 Å². The molecule has 1 heterocycles. The summed E-state index contributed by atoms with van der Waals surface area (Å²) in [5, 5.41) is 9.52. The van der Waals surface area contributed by atoms with Crippen molar-refractivity contribution in [2.45, 2.75) is 65.0 Å². The van der Waals surface area contributed by atoms with Crippen molar-refractivity contribution in [2.75, 3.05) is 0 Å². The lowest BCUT2D eigenvalue weighted by Crippen LogP contribution is -2.58. The second-order valence-electron chi connectivity index (χ2n) is 6.76. The lowest BCUT2D eigenvalue weighted by Gasteiger charge is -2.51. The molecule has 1 aliphatic heterocycles. The molecule has 2 aliphatic rings. The summed E-state index contributed by atoms with van der Waals surface area (Å²) in [6.07, 6.45) is 2.88. The minimum Gasteiger partial charge on any atom is -0.465 e. The van der Waals surface area contributed by atoms with Crippen molar-refractivity contribution < 1.29 is 19.5 Å². The smallest absolute Gasteiger partial charge is 0.407 e. The number of carboxylic acid groups (broad SMARTS) is 1. The average Bonchev–Trinajstić information content (AvgIpc) is 2.38. The predicted molar refractivity (Wildman–Crippen MR) is 75.6 cm³/mol. The Morgan fingerprint density at radius 2 is 1.85 bits per heavy atom. The first-order chi connectivity index (χ1) is 9.30. The molecule has 0 aromatic rings. The molecular formula is C15H25NO4. The van der Waals surface area contributed by atoms with Crippen molar-refractivity contribution in [3.63, 3.8) is 0 Å². The Bertz CT molecular complexity index is 375. The molecule has 1 saturated carbocycles. The molecule has 2 fully saturated rings. The second kappa shape index (κ2) is 6.37. The largest absolute Gasteiger partial charge is 0.465 e. The van der Waals surface area contributed by atoms with Gasteiger partial charge in [-0.25, -0.2) is 4.79 Å². The molecule has 20 heavy (non-hydrogen) atoms. The van der Waals surface area contributed by atoms with Crippen molar-refractivity contribution in [1.82, 2.24) is 4.90 Å². The number of amides is 1. The Hall–Kier alpha value is -1.39. The first-order valence-corrected chi connectivity index (χ1v) is 7.12. The molecule has 1 saturated heterocycles. The number of nitrogens with zero attached hydrogens (tertiary/aromatic N) is 1. The highest BCUT2D eigenvalue weighted by Crippen LogP contribution is 2.41. The zero-order chi connectivity index (χ0) is 15.5. The Kier molecular flexibility index (Phi) is 5.31. The van der Waals surface area contributed by atoms with Crippen LogP contribution < -0.4 is 0 Å². The Morgan fingerprint density at radius 1 is 1.25 bits per heavy atom. The van der Waals surface area contributed by atoms with Gasteiger partial charge >= 0.3 is 6.09 Å². The maximum atomic E-state index is 11.6. The Morgan fingerprint density at radius 3 is 2.35 bits per heavy atom. The van der Waals surface area contributed by atoms with Gasteiger partial charge in [-0.05, 0) is 30.6 Å². The summed E-state index contributed by atoms with van der Waals surface area (Å²) in [7, 11) is 0. The fourth-order valence-corrected chi connectivity index (χ4v) is 3.60. The first kappa shape index (κ1) is 16.7. The molecule has 0 aromatic carbocycles. The van der Waals surface area contributed by atoms with E-state index in [0.717, 1.165) is 12.8 Å². The third kappa shape index (κ3) is 3.38. The third-order valence-corrected chi connectivity index (χ3v) is 4.48. The standard InChI is InChI=1S/C14H23NO3.CH2O/c1-14(2,3)12-7-4-9-8-10(16)5-6-11(9)15(12)13(17)18;1-2/h9,11-12H,4-8H2,1-3H3,(H,17,18);1H2/t9-,11?,12+;/m1./s1. The van der Waals surface area contributed by atoms with E-state index < -0.39 is 6.09 Å². The second-order valence-corrected chi connectivity index (χ2v) is 6.76. The number of Topliss-reactive ketones (excluding diaryl/α,β-unsaturated/α-hetero) is 1. The summed E-state index contributed by atoms with van der Waals surface area (Å²) < 4.78 is 0. The van der Waals surface area contributed by atoms with Crippen LogP contribution in [0.4, 0.5) is 4.79 Å². The molecule has 114 valence electrons. The van der Waals surface area contributed by atoms with Crippen molar-refractivity contribution >= 4 is 18.7 Å². The van der Waals surface area contributed by atoms with E-state index in [9.17, 15) is 14.7 Å². The van der Waals surface area contributed by atoms with Gasteiger partial charge in [0.2, 0.25) is 0 Å². The maximum Gasteiger partial charge on any atom is 0.407 e. The van der Waals surface area contributed by atoms with E-state index in [1.165, 1.54) is 0 Å². The van der Waals surface area contributed by atoms with Crippen molar-refractivity contribution in [2.24, 2.45) is 11.3 Å². The van der Waals surface area contributed by atoms with Crippen LogP contribution in [0.2, 0.25) is 0 Å². The lowest BCUT2D eigenvalue weighted by atomic mass is 9.71. The molecule has 0 aromatic heterocycles. The van der Waals surface area contributed by atoms with Crippen LogP contribution in [0.15, 0.2) is 0 Å². The summed E-state index contributed by atoms with van der Waals surface area (Å²) in [6, 6.07) is 0.127. The van der Waals surface area contributed by atoms with Crippen LogP contribution in [-0.2, 0) is 9.59 Å². The summed E-state index contributed by atoms with van der Waals surface area (Å²) in [6.45, 7) is 8.30. The molecule has 0 radical (unpaired) electrons. The average molecular weight is 283 g/mol. The van der Waals surface area contributed by atoms with Crippen molar-refractivity contribution in [3.8, 4) is 0 Å². The van der Waals surface area contributed by atoms with E-state index in [2.05, 4.69) is 20.8 Å². The SMILES string of the molecule is C=O.CC(C)(C)[C@@H]1CC[C@@H]2CC(=O)CCC2N1C(=O)O. The normalized spacial score (nSPS) is 30.1. The van der Waals surface area contributed by atoms with Crippen LogP contribution in [0.1, 0.15) is 52.9 Å². The number of ketones is 1. The van der Waals surface area contributed by atoms with Crippen LogP contribution in [0.5, 0.6) is 0 Å². The first-order valence-electron chi connectivity index (χ1n) is 7.12. The van der Waals surface area contributed by atoms with Crippen molar-refractivity contribution in [3.05, 3.63) is 0 Å². The number of likely N-dealkylation sites (tertiary alicyclic amines) is 1. The van der Waals surface area contributed by atoms with Gasteiger partial charge in [0.15, 0.2) is 0 Å². The monoisotopic (exact) mass is 283 g/mol. The quantitative estimate of drug-likeness (QED) is 0.741. The van der Waals surface area contributed by atoms with Crippen LogP contribution in [0, 0.1) is 11.3 Å². The summed E-state index contributed by atoms with van der Waals surface area (Å²) in [4.78, 5) is 32.7. The minimum atomic E-state index is -0.820. The molecule has 2 rings (SSSR count). The summed E-state index contributed by atoms with van der Waals surface area (Å²) in [5.74, 6) is 0.553. The van der Waals surface area contributed by atoms with E-state index in [1.54, 1.807) is 4.90 Å². The number of carbonyl (C=O) groups is 3. The minimum absolute atomic E-state index is 0.0369. The van der Waals surface area contributed by atoms with Gasteiger partial charge in [0.05, 0.1) is 0 Å². The Balaban J connectivity index is 0.000000956. The molecule has 0 bridgehead atoms.